The molecule has 3 heterocycles. The smallest absolute Gasteiger partial charge is 0.323 e. The Labute approximate surface area is 146 Å². The maximum atomic E-state index is 10.8. The molecule has 4 rings (SSSR count). The second-order valence-electron chi connectivity index (χ2n) is 5.18. The standard InChI is InChI=1S/C14H10ClN3O4S2/c15-10-2-1-9-11(17-22-24(19,20)21)3-5-18-13(9)12(10)16-14(18)8-4-6-23-7-8/h1-2,4,6-7H,3,5H2,(H,19,20,21)/b17-11+. The van der Waals surface area contributed by atoms with Crippen LogP contribution in [0, 0.1) is 0 Å². The van der Waals surface area contributed by atoms with Crippen LogP contribution in [0.25, 0.3) is 22.4 Å². The van der Waals surface area contributed by atoms with E-state index in [4.69, 9.17) is 16.2 Å². The quantitative estimate of drug-likeness (QED) is 0.553. The summed E-state index contributed by atoms with van der Waals surface area (Å²) in [6.45, 7) is 0.544. The molecule has 0 fully saturated rings. The number of hydrogen-bond donors (Lipinski definition) is 1. The second kappa shape index (κ2) is 5.55. The van der Waals surface area contributed by atoms with E-state index in [-0.39, 0.29) is 0 Å². The Morgan fingerprint density at radius 3 is 2.92 bits per heavy atom. The number of oxime groups is 1. The van der Waals surface area contributed by atoms with Crippen molar-refractivity contribution in [2.45, 2.75) is 13.0 Å². The van der Waals surface area contributed by atoms with Crippen molar-refractivity contribution in [2.75, 3.05) is 0 Å². The molecule has 0 bridgehead atoms. The van der Waals surface area contributed by atoms with Crippen LogP contribution in [0.3, 0.4) is 0 Å². The van der Waals surface area contributed by atoms with Gasteiger partial charge in [-0.05, 0) is 23.6 Å². The van der Waals surface area contributed by atoms with Crippen molar-refractivity contribution in [1.29, 1.82) is 0 Å². The Bertz CT molecular complexity index is 1070. The fourth-order valence-electron chi connectivity index (χ4n) is 2.81. The number of benzene rings is 1. The lowest BCUT2D eigenvalue weighted by atomic mass is 10.0. The molecular formula is C14H10ClN3O4S2. The molecule has 0 saturated heterocycles. The van der Waals surface area contributed by atoms with Gasteiger partial charge in [0.2, 0.25) is 0 Å². The number of halogens is 1. The average molecular weight is 384 g/mol. The Morgan fingerprint density at radius 2 is 2.21 bits per heavy atom. The first-order chi connectivity index (χ1) is 11.4. The first-order valence-electron chi connectivity index (χ1n) is 6.88. The van der Waals surface area contributed by atoms with E-state index in [1.54, 1.807) is 23.5 Å². The summed E-state index contributed by atoms with van der Waals surface area (Å²) < 4.78 is 36.5. The van der Waals surface area contributed by atoms with E-state index in [2.05, 4.69) is 14.4 Å². The Kier molecular flexibility index (Phi) is 3.61. The van der Waals surface area contributed by atoms with Crippen LogP contribution in [0.2, 0.25) is 5.02 Å². The summed E-state index contributed by atoms with van der Waals surface area (Å²) in [7, 11) is -4.64. The number of rotatable bonds is 3. The van der Waals surface area contributed by atoms with Crippen LogP contribution in [0.1, 0.15) is 12.0 Å². The molecule has 1 aromatic carbocycles. The number of aryl methyl sites for hydroxylation is 1. The number of hydrogen-bond acceptors (Lipinski definition) is 6. The lowest BCUT2D eigenvalue weighted by molar-refractivity contribution is 0.281. The first-order valence-corrected chi connectivity index (χ1v) is 9.57. The molecule has 0 atom stereocenters. The summed E-state index contributed by atoms with van der Waals surface area (Å²) in [5.41, 5.74) is 3.48. The summed E-state index contributed by atoms with van der Waals surface area (Å²) in [5.74, 6) is 0.801. The average Bonchev–Trinajstić information content (AvgIpc) is 3.16. The van der Waals surface area contributed by atoms with Gasteiger partial charge in [-0.25, -0.2) is 9.27 Å². The highest BCUT2D eigenvalue weighted by atomic mass is 35.5. The minimum atomic E-state index is -4.64. The second-order valence-corrected chi connectivity index (χ2v) is 7.37. The van der Waals surface area contributed by atoms with Gasteiger partial charge in [-0.1, -0.05) is 16.8 Å². The van der Waals surface area contributed by atoms with Gasteiger partial charge in [-0.15, -0.1) is 0 Å². The van der Waals surface area contributed by atoms with Crippen LogP contribution < -0.4 is 0 Å². The molecule has 24 heavy (non-hydrogen) atoms. The van der Waals surface area contributed by atoms with Crippen molar-refractivity contribution in [3.05, 3.63) is 39.5 Å². The molecule has 0 amide bonds. The number of thiophene rings is 1. The van der Waals surface area contributed by atoms with Crippen molar-refractivity contribution in [1.82, 2.24) is 9.55 Å². The molecular weight excluding hydrogens is 374 g/mol. The zero-order valence-electron chi connectivity index (χ0n) is 12.0. The van der Waals surface area contributed by atoms with Crippen LogP contribution in [0.15, 0.2) is 34.1 Å². The molecule has 0 saturated carbocycles. The maximum absolute atomic E-state index is 10.8. The Balaban J connectivity index is 1.94. The molecule has 1 aliphatic heterocycles. The van der Waals surface area contributed by atoms with Gasteiger partial charge in [0.25, 0.3) is 0 Å². The van der Waals surface area contributed by atoms with Crippen LogP contribution in [-0.4, -0.2) is 28.2 Å². The van der Waals surface area contributed by atoms with Gasteiger partial charge in [0.15, 0.2) is 0 Å². The first kappa shape index (κ1) is 15.6. The molecule has 0 spiro atoms. The molecule has 10 heteroatoms. The van der Waals surface area contributed by atoms with E-state index < -0.39 is 10.4 Å². The molecule has 0 unspecified atom stereocenters. The molecule has 0 radical (unpaired) electrons. The maximum Gasteiger partial charge on any atom is 0.466 e. The highest BCUT2D eigenvalue weighted by molar-refractivity contribution is 7.80. The third-order valence-electron chi connectivity index (χ3n) is 3.75. The molecule has 0 aliphatic carbocycles. The Hall–Kier alpha value is -1.94. The lowest BCUT2D eigenvalue weighted by Gasteiger charge is -2.18. The number of aromatic nitrogens is 2. The zero-order chi connectivity index (χ0) is 16.9. The van der Waals surface area contributed by atoms with Gasteiger partial charge in [-0.3, -0.25) is 4.55 Å². The molecule has 7 nitrogen and oxygen atoms in total. The van der Waals surface area contributed by atoms with E-state index >= 15 is 0 Å². The van der Waals surface area contributed by atoms with Gasteiger partial charge in [0, 0.05) is 29.5 Å². The SMILES string of the molecule is O=S(=O)(O)O/N=C1\CCn2c(-c3ccsc3)nc3c(Cl)ccc1c32. The summed E-state index contributed by atoms with van der Waals surface area (Å²) in [4.78, 5) is 4.64. The van der Waals surface area contributed by atoms with Gasteiger partial charge >= 0.3 is 10.4 Å². The monoisotopic (exact) mass is 383 g/mol. The Morgan fingerprint density at radius 1 is 1.38 bits per heavy atom. The largest absolute Gasteiger partial charge is 0.466 e. The van der Waals surface area contributed by atoms with E-state index in [0.29, 0.717) is 34.8 Å². The van der Waals surface area contributed by atoms with Gasteiger partial charge in [0.1, 0.15) is 11.3 Å². The third-order valence-corrected chi connectivity index (χ3v) is 5.00. The van der Waals surface area contributed by atoms with Crippen molar-refractivity contribution in [3.8, 4) is 11.4 Å². The third kappa shape index (κ3) is 2.59. The topological polar surface area (TPSA) is 93.8 Å². The van der Waals surface area contributed by atoms with Gasteiger partial charge in [0.05, 0.1) is 16.3 Å². The van der Waals surface area contributed by atoms with Gasteiger partial charge in [-0.2, -0.15) is 19.8 Å². The van der Waals surface area contributed by atoms with Gasteiger partial charge < -0.3 is 4.57 Å². The highest BCUT2D eigenvalue weighted by Gasteiger charge is 2.25. The van der Waals surface area contributed by atoms with Crippen molar-refractivity contribution >= 4 is 50.1 Å². The molecule has 124 valence electrons. The minimum absolute atomic E-state index is 0.415. The minimum Gasteiger partial charge on any atom is -0.323 e. The van der Waals surface area contributed by atoms with Crippen molar-refractivity contribution < 1.29 is 17.3 Å². The van der Waals surface area contributed by atoms with Crippen LogP contribution in [0.5, 0.6) is 0 Å². The van der Waals surface area contributed by atoms with E-state index in [0.717, 1.165) is 16.9 Å². The molecule has 2 aromatic heterocycles. The van der Waals surface area contributed by atoms with Crippen molar-refractivity contribution in [3.63, 3.8) is 0 Å². The van der Waals surface area contributed by atoms with Crippen LogP contribution in [0.4, 0.5) is 0 Å². The van der Waals surface area contributed by atoms with E-state index in [1.165, 1.54) is 0 Å². The molecule has 1 N–H and O–H groups in total. The summed E-state index contributed by atoms with van der Waals surface area (Å²) in [5, 5.41) is 8.05. The predicted molar refractivity (Wildman–Crippen MR) is 91.8 cm³/mol. The summed E-state index contributed by atoms with van der Waals surface area (Å²) >= 11 is 7.85. The fraction of sp³-hybridized carbons (Fsp3) is 0.143. The summed E-state index contributed by atoms with van der Waals surface area (Å²) in [6, 6.07) is 5.40. The van der Waals surface area contributed by atoms with E-state index in [9.17, 15) is 8.42 Å². The highest BCUT2D eigenvalue weighted by Crippen LogP contribution is 2.35. The van der Waals surface area contributed by atoms with E-state index in [1.807, 2.05) is 21.4 Å². The zero-order valence-corrected chi connectivity index (χ0v) is 14.4. The number of nitrogens with zero attached hydrogens (tertiary/aromatic N) is 3. The molecule has 3 aromatic rings. The van der Waals surface area contributed by atoms with Crippen LogP contribution in [-0.2, 0) is 21.2 Å². The normalized spacial score (nSPS) is 16.0. The lowest BCUT2D eigenvalue weighted by Crippen LogP contribution is -2.17. The number of imidazole rings is 1. The predicted octanol–water partition coefficient (Wildman–Crippen LogP) is 3.35. The molecule has 1 aliphatic rings. The fourth-order valence-corrected chi connectivity index (χ4v) is 3.82. The summed E-state index contributed by atoms with van der Waals surface area (Å²) in [6.07, 6.45) is 0.437. The van der Waals surface area contributed by atoms with Crippen LogP contribution >= 0.6 is 22.9 Å². The van der Waals surface area contributed by atoms with Crippen molar-refractivity contribution in [2.24, 2.45) is 5.16 Å².